The third-order valence-corrected chi connectivity index (χ3v) is 4.16. The molecule has 1 unspecified atom stereocenters. The van der Waals surface area contributed by atoms with E-state index >= 15 is 0 Å². The van der Waals surface area contributed by atoms with Crippen LogP contribution in [0.4, 0.5) is 8.78 Å². The quantitative estimate of drug-likeness (QED) is 0.856. The van der Waals surface area contributed by atoms with Gasteiger partial charge in [0.05, 0.1) is 0 Å². The molecule has 0 aliphatic carbocycles. The number of hydrogen-bond donors (Lipinski definition) is 0. The van der Waals surface area contributed by atoms with Crippen LogP contribution >= 0.6 is 11.8 Å². The number of likely N-dealkylation sites (tertiary alicyclic amines) is 1. The van der Waals surface area contributed by atoms with Crippen LogP contribution in [-0.4, -0.2) is 34.3 Å². The average Bonchev–Trinajstić information content (AvgIpc) is 2.67. The van der Waals surface area contributed by atoms with E-state index in [-0.39, 0.29) is 16.3 Å². The minimum atomic E-state index is -0.610. The standard InChI is InChI=1S/C14H15F2NO2S/c1-9(18)20-12-7-14(19)17(8-12)5-4-10-2-3-11(15)6-13(10)16/h2-3,6,12H,4-5,7-8H2,1H3. The summed E-state index contributed by atoms with van der Waals surface area (Å²) in [6, 6.07) is 3.45. The second kappa shape index (κ2) is 6.35. The van der Waals surface area contributed by atoms with Crippen LogP contribution in [0.5, 0.6) is 0 Å². The third-order valence-electron chi connectivity index (χ3n) is 3.18. The Morgan fingerprint density at radius 1 is 1.45 bits per heavy atom. The third kappa shape index (κ3) is 3.79. The average molecular weight is 299 g/mol. The summed E-state index contributed by atoms with van der Waals surface area (Å²) < 4.78 is 26.3. The van der Waals surface area contributed by atoms with Gasteiger partial charge in [0.15, 0.2) is 5.12 Å². The molecule has 2 rings (SSSR count). The number of benzene rings is 1. The highest BCUT2D eigenvalue weighted by atomic mass is 32.2. The Morgan fingerprint density at radius 3 is 2.85 bits per heavy atom. The van der Waals surface area contributed by atoms with Crippen molar-refractivity contribution in [1.29, 1.82) is 0 Å². The van der Waals surface area contributed by atoms with E-state index < -0.39 is 11.6 Å². The zero-order valence-electron chi connectivity index (χ0n) is 11.1. The van der Waals surface area contributed by atoms with E-state index in [1.165, 1.54) is 30.8 Å². The van der Waals surface area contributed by atoms with Gasteiger partial charge in [0.2, 0.25) is 5.91 Å². The van der Waals surface area contributed by atoms with Crippen molar-refractivity contribution in [2.45, 2.75) is 25.0 Å². The summed E-state index contributed by atoms with van der Waals surface area (Å²) >= 11 is 1.17. The van der Waals surface area contributed by atoms with Gasteiger partial charge < -0.3 is 4.90 Å². The lowest BCUT2D eigenvalue weighted by atomic mass is 10.1. The molecule has 1 aromatic rings. The fourth-order valence-corrected chi connectivity index (χ4v) is 3.20. The van der Waals surface area contributed by atoms with E-state index in [0.717, 1.165) is 6.07 Å². The predicted molar refractivity (Wildman–Crippen MR) is 73.3 cm³/mol. The van der Waals surface area contributed by atoms with Gasteiger partial charge in [-0.2, -0.15) is 0 Å². The summed E-state index contributed by atoms with van der Waals surface area (Å²) in [6.07, 6.45) is 0.686. The topological polar surface area (TPSA) is 37.4 Å². The van der Waals surface area contributed by atoms with Crippen molar-refractivity contribution in [3.8, 4) is 0 Å². The SMILES string of the molecule is CC(=O)SC1CC(=O)N(CCc2ccc(F)cc2F)C1. The fourth-order valence-electron chi connectivity index (χ4n) is 2.25. The maximum atomic E-state index is 13.5. The summed E-state index contributed by atoms with van der Waals surface area (Å²) in [4.78, 5) is 24.4. The van der Waals surface area contributed by atoms with Crippen LogP contribution in [0.2, 0.25) is 0 Å². The highest BCUT2D eigenvalue weighted by molar-refractivity contribution is 8.14. The molecule has 1 amide bonds. The Hall–Kier alpha value is -1.43. The Labute approximate surface area is 120 Å². The largest absolute Gasteiger partial charge is 0.341 e. The van der Waals surface area contributed by atoms with Crippen molar-refractivity contribution >= 4 is 22.8 Å². The molecular formula is C14H15F2NO2S. The molecule has 0 aromatic heterocycles. The Balaban J connectivity index is 1.91. The second-order valence-corrected chi connectivity index (χ2v) is 6.24. The molecule has 1 heterocycles. The van der Waals surface area contributed by atoms with E-state index in [4.69, 9.17) is 0 Å². The first-order valence-corrected chi connectivity index (χ1v) is 7.22. The minimum Gasteiger partial charge on any atom is -0.341 e. The molecule has 1 aliphatic rings. The Kier molecular flexibility index (Phi) is 4.75. The van der Waals surface area contributed by atoms with E-state index in [2.05, 4.69) is 0 Å². The number of nitrogens with zero attached hydrogens (tertiary/aromatic N) is 1. The molecule has 1 aromatic carbocycles. The highest BCUT2D eigenvalue weighted by Crippen LogP contribution is 2.24. The molecule has 0 N–H and O–H groups in total. The number of carbonyl (C=O) groups is 2. The number of rotatable bonds is 4. The highest BCUT2D eigenvalue weighted by Gasteiger charge is 2.30. The number of hydrogen-bond acceptors (Lipinski definition) is 3. The Bertz CT molecular complexity index is 536. The fraction of sp³-hybridized carbons (Fsp3) is 0.429. The van der Waals surface area contributed by atoms with Crippen molar-refractivity contribution in [1.82, 2.24) is 4.90 Å². The van der Waals surface area contributed by atoms with Gasteiger partial charge in [0.25, 0.3) is 0 Å². The molecule has 1 aliphatic heterocycles. The molecule has 20 heavy (non-hydrogen) atoms. The number of halogens is 2. The molecule has 3 nitrogen and oxygen atoms in total. The van der Waals surface area contributed by atoms with E-state index in [1.54, 1.807) is 4.90 Å². The van der Waals surface area contributed by atoms with E-state index in [1.807, 2.05) is 0 Å². The van der Waals surface area contributed by atoms with Crippen molar-refractivity contribution in [2.75, 3.05) is 13.1 Å². The van der Waals surface area contributed by atoms with Crippen LogP contribution < -0.4 is 0 Å². The molecule has 0 radical (unpaired) electrons. The lowest BCUT2D eigenvalue weighted by molar-refractivity contribution is -0.127. The van der Waals surface area contributed by atoms with Gasteiger partial charge in [-0.15, -0.1) is 0 Å². The van der Waals surface area contributed by atoms with Gasteiger partial charge in [0, 0.05) is 37.8 Å². The van der Waals surface area contributed by atoms with Crippen LogP contribution in [0.3, 0.4) is 0 Å². The maximum absolute atomic E-state index is 13.5. The predicted octanol–water partition coefficient (Wildman–Crippen LogP) is 2.39. The van der Waals surface area contributed by atoms with Gasteiger partial charge in [-0.25, -0.2) is 8.78 Å². The first kappa shape index (κ1) is 15.0. The van der Waals surface area contributed by atoms with Gasteiger partial charge in [0.1, 0.15) is 11.6 Å². The van der Waals surface area contributed by atoms with Crippen LogP contribution in [-0.2, 0) is 16.0 Å². The molecule has 1 atom stereocenters. The van der Waals surface area contributed by atoms with E-state index in [9.17, 15) is 18.4 Å². The van der Waals surface area contributed by atoms with Crippen molar-refractivity contribution in [2.24, 2.45) is 0 Å². The number of carbonyl (C=O) groups excluding carboxylic acids is 2. The van der Waals surface area contributed by atoms with Gasteiger partial charge in [-0.3, -0.25) is 9.59 Å². The molecule has 0 bridgehead atoms. The second-order valence-electron chi connectivity index (χ2n) is 4.76. The first-order valence-electron chi connectivity index (χ1n) is 6.34. The van der Waals surface area contributed by atoms with Gasteiger partial charge >= 0.3 is 0 Å². The lowest BCUT2D eigenvalue weighted by Crippen LogP contribution is -2.28. The summed E-state index contributed by atoms with van der Waals surface area (Å²) in [5, 5.41) is -0.0210. The molecule has 0 spiro atoms. The zero-order chi connectivity index (χ0) is 14.7. The summed E-state index contributed by atoms with van der Waals surface area (Å²) in [5.41, 5.74) is 0.391. The summed E-state index contributed by atoms with van der Waals surface area (Å²) in [7, 11) is 0. The van der Waals surface area contributed by atoms with E-state index in [0.29, 0.717) is 31.5 Å². The smallest absolute Gasteiger partial charge is 0.223 e. The molecule has 6 heteroatoms. The Morgan fingerprint density at radius 2 is 2.20 bits per heavy atom. The van der Waals surface area contributed by atoms with Gasteiger partial charge in [-0.05, 0) is 18.1 Å². The minimum absolute atomic E-state index is 0.00534. The van der Waals surface area contributed by atoms with Crippen molar-refractivity contribution < 1.29 is 18.4 Å². The zero-order valence-corrected chi connectivity index (χ0v) is 11.9. The monoisotopic (exact) mass is 299 g/mol. The summed E-state index contributed by atoms with van der Waals surface area (Å²) in [5.74, 6) is -1.22. The molecule has 1 saturated heterocycles. The lowest BCUT2D eigenvalue weighted by Gasteiger charge is -2.16. The molecule has 0 saturated carbocycles. The van der Waals surface area contributed by atoms with Crippen LogP contribution in [0.25, 0.3) is 0 Å². The van der Waals surface area contributed by atoms with Gasteiger partial charge in [-0.1, -0.05) is 17.8 Å². The molecule has 1 fully saturated rings. The number of amides is 1. The summed E-state index contributed by atoms with van der Waals surface area (Å²) in [6.45, 7) is 2.37. The van der Waals surface area contributed by atoms with Crippen LogP contribution in [0, 0.1) is 11.6 Å². The maximum Gasteiger partial charge on any atom is 0.223 e. The number of thioether (sulfide) groups is 1. The normalized spacial score (nSPS) is 18.6. The molecular weight excluding hydrogens is 284 g/mol. The van der Waals surface area contributed by atoms with Crippen LogP contribution in [0.1, 0.15) is 18.9 Å². The van der Waals surface area contributed by atoms with Crippen molar-refractivity contribution in [3.05, 3.63) is 35.4 Å². The van der Waals surface area contributed by atoms with Crippen molar-refractivity contribution in [3.63, 3.8) is 0 Å². The first-order chi connectivity index (χ1) is 9.45. The van der Waals surface area contributed by atoms with Crippen LogP contribution in [0.15, 0.2) is 18.2 Å². The molecule has 108 valence electrons.